The Hall–Kier alpha value is -3.59. The Morgan fingerprint density at radius 2 is 1.72 bits per heavy atom. The number of piperazine rings is 1. The molecule has 0 saturated carbocycles. The van der Waals surface area contributed by atoms with Gasteiger partial charge in [-0.3, -0.25) is 4.79 Å². The van der Waals surface area contributed by atoms with E-state index in [2.05, 4.69) is 20.5 Å². The number of anilines is 2. The summed E-state index contributed by atoms with van der Waals surface area (Å²) in [5, 5.41) is 5.03. The van der Waals surface area contributed by atoms with E-state index < -0.39 is 52.9 Å². The summed E-state index contributed by atoms with van der Waals surface area (Å²) >= 11 is 5.68. The van der Waals surface area contributed by atoms with Crippen molar-refractivity contribution in [1.29, 1.82) is 0 Å². The van der Waals surface area contributed by atoms with E-state index >= 15 is 0 Å². The maximum Gasteiger partial charge on any atom is 0.493 e. The van der Waals surface area contributed by atoms with E-state index in [1.54, 1.807) is 0 Å². The van der Waals surface area contributed by atoms with E-state index in [0.717, 1.165) is 24.4 Å². The molecule has 9 nitrogen and oxygen atoms in total. The topological polar surface area (TPSA) is 104 Å². The summed E-state index contributed by atoms with van der Waals surface area (Å²) < 4.78 is 78.7. The van der Waals surface area contributed by atoms with Gasteiger partial charge < -0.3 is 20.4 Å². The monoisotopic (exact) mass is 539 g/mol. The molecule has 2 N–H and O–H groups in total. The third kappa shape index (κ3) is 6.54. The first-order chi connectivity index (χ1) is 16.8. The van der Waals surface area contributed by atoms with Crippen molar-refractivity contribution in [3.8, 4) is 0 Å². The highest BCUT2D eigenvalue weighted by molar-refractivity contribution is 6.30. The lowest BCUT2D eigenvalue weighted by Gasteiger charge is -2.28. The number of halogens is 7. The number of urea groups is 1. The number of carbonyl (C=O) groups excluding carboxylic acids is 3. The van der Waals surface area contributed by atoms with Gasteiger partial charge in [0.25, 0.3) is 5.91 Å². The van der Waals surface area contributed by atoms with Crippen LogP contribution in [0.5, 0.6) is 0 Å². The average Bonchev–Trinajstić information content (AvgIpc) is 2.82. The molecule has 194 valence electrons. The van der Waals surface area contributed by atoms with Crippen molar-refractivity contribution in [2.75, 3.05) is 36.6 Å². The number of amides is 3. The predicted octanol–water partition coefficient (Wildman–Crippen LogP) is 3.86. The Bertz CT molecular complexity index is 1140. The summed E-state index contributed by atoms with van der Waals surface area (Å²) in [6.07, 6.45) is -9.61. The molecule has 0 aliphatic carbocycles. The smallest absolute Gasteiger partial charge is 0.323 e. The highest BCUT2D eigenvalue weighted by atomic mass is 35.5. The molecule has 1 fully saturated rings. The summed E-state index contributed by atoms with van der Waals surface area (Å²) in [6, 6.07) is 2.85. The Labute approximate surface area is 203 Å². The number of benzene rings is 1. The molecule has 0 atom stereocenters. The molecule has 3 amide bonds. The molecule has 2 heterocycles. The lowest BCUT2D eigenvalue weighted by Crippen LogP contribution is -2.48. The van der Waals surface area contributed by atoms with E-state index in [1.165, 1.54) is 4.90 Å². The number of alkyl halides is 6. The van der Waals surface area contributed by atoms with Crippen LogP contribution in [0.25, 0.3) is 0 Å². The molecule has 3 rings (SSSR count). The number of carbonyl (C=O) groups is 3. The van der Waals surface area contributed by atoms with Gasteiger partial charge in [-0.15, -0.1) is 5.06 Å². The molecule has 1 saturated heterocycles. The minimum absolute atomic E-state index is 0.00339. The van der Waals surface area contributed by atoms with Gasteiger partial charge in [0.05, 0.1) is 21.8 Å². The number of aromatic nitrogens is 1. The summed E-state index contributed by atoms with van der Waals surface area (Å²) in [4.78, 5) is 46.4. The van der Waals surface area contributed by atoms with Crippen LogP contribution < -0.4 is 15.7 Å². The van der Waals surface area contributed by atoms with Crippen LogP contribution in [0.3, 0.4) is 0 Å². The summed E-state index contributed by atoms with van der Waals surface area (Å²) in [6.45, 7) is 1.38. The van der Waals surface area contributed by atoms with E-state index in [1.807, 2.05) is 0 Å². The zero-order valence-electron chi connectivity index (χ0n) is 17.9. The van der Waals surface area contributed by atoms with Gasteiger partial charge in [-0.25, -0.2) is 14.6 Å². The van der Waals surface area contributed by atoms with Gasteiger partial charge in [0.2, 0.25) is 0 Å². The summed E-state index contributed by atoms with van der Waals surface area (Å²) in [5.74, 6) is -5.19. The third-order valence-electron chi connectivity index (χ3n) is 4.73. The van der Waals surface area contributed by atoms with E-state index in [4.69, 9.17) is 11.6 Å². The number of nitrogens with zero attached hydrogens (tertiary/aromatic N) is 3. The zero-order valence-corrected chi connectivity index (χ0v) is 18.7. The number of hydrogen-bond acceptors (Lipinski definition) is 6. The molecular weight excluding hydrogens is 524 g/mol. The molecule has 0 unspecified atom stereocenters. The van der Waals surface area contributed by atoms with Gasteiger partial charge in [-0.05, 0) is 30.3 Å². The quantitative estimate of drug-likeness (QED) is 0.454. The second kappa shape index (κ2) is 10.6. The first kappa shape index (κ1) is 27.0. The fourth-order valence-corrected chi connectivity index (χ4v) is 3.10. The SMILES string of the molecule is O=C(Nc1ccc(C(F)(F)F)cc1C(=O)N(OC(=O)C(F)(F)F)c1ccc(Cl)cn1)N1CCNCC1. The van der Waals surface area contributed by atoms with E-state index in [-0.39, 0.29) is 23.2 Å². The van der Waals surface area contributed by atoms with Gasteiger partial charge in [-0.2, -0.15) is 26.3 Å². The van der Waals surface area contributed by atoms with Crippen LogP contribution >= 0.6 is 11.6 Å². The number of pyridine rings is 1. The number of hydroxylamine groups is 1. The molecular formula is C20H16ClF6N5O4. The minimum atomic E-state index is -5.56. The second-order valence-corrected chi connectivity index (χ2v) is 7.67. The molecule has 1 aromatic carbocycles. The lowest BCUT2D eigenvalue weighted by molar-refractivity contribution is -0.200. The van der Waals surface area contributed by atoms with Crippen molar-refractivity contribution in [2.45, 2.75) is 12.4 Å². The maximum absolute atomic E-state index is 13.4. The maximum atomic E-state index is 13.4. The van der Waals surface area contributed by atoms with Gasteiger partial charge in [-0.1, -0.05) is 11.6 Å². The minimum Gasteiger partial charge on any atom is -0.323 e. The van der Waals surface area contributed by atoms with Gasteiger partial charge >= 0.3 is 24.4 Å². The Kier molecular flexibility index (Phi) is 7.93. The van der Waals surface area contributed by atoms with Gasteiger partial charge in [0, 0.05) is 32.4 Å². The first-order valence-corrected chi connectivity index (χ1v) is 10.4. The standard InChI is InChI=1S/C20H16ClF6N5O4/c21-12-2-4-15(29-10-12)32(36-17(34)20(25,26)27)16(33)13-9-11(19(22,23)24)1-3-14(13)30-18(35)31-7-5-28-6-8-31/h1-4,9-10,28H,5-8H2,(H,30,35). The Balaban J connectivity index is 2.05. The molecule has 16 heteroatoms. The van der Waals surface area contributed by atoms with Crippen LogP contribution in [-0.2, 0) is 15.8 Å². The predicted molar refractivity (Wildman–Crippen MR) is 113 cm³/mol. The molecule has 0 radical (unpaired) electrons. The third-order valence-corrected chi connectivity index (χ3v) is 4.96. The van der Waals surface area contributed by atoms with Crippen LogP contribution in [0, 0.1) is 0 Å². The number of rotatable bonds is 3. The van der Waals surface area contributed by atoms with Crippen molar-refractivity contribution in [2.24, 2.45) is 0 Å². The fraction of sp³-hybridized carbons (Fsp3) is 0.300. The van der Waals surface area contributed by atoms with Crippen LogP contribution in [0.2, 0.25) is 5.02 Å². The largest absolute Gasteiger partial charge is 0.493 e. The van der Waals surface area contributed by atoms with E-state index in [0.29, 0.717) is 25.2 Å². The van der Waals surface area contributed by atoms with Crippen molar-refractivity contribution >= 4 is 41.0 Å². The average molecular weight is 540 g/mol. The van der Waals surface area contributed by atoms with Crippen LogP contribution in [-0.4, -0.2) is 60.1 Å². The molecule has 36 heavy (non-hydrogen) atoms. The van der Waals surface area contributed by atoms with Crippen molar-refractivity contribution in [1.82, 2.24) is 15.2 Å². The van der Waals surface area contributed by atoms with Crippen molar-refractivity contribution in [3.05, 3.63) is 52.7 Å². The van der Waals surface area contributed by atoms with Crippen molar-refractivity contribution in [3.63, 3.8) is 0 Å². The van der Waals surface area contributed by atoms with Crippen LogP contribution in [0.1, 0.15) is 15.9 Å². The lowest BCUT2D eigenvalue weighted by atomic mass is 10.1. The van der Waals surface area contributed by atoms with Crippen LogP contribution in [0.4, 0.5) is 42.6 Å². The zero-order chi connectivity index (χ0) is 26.7. The highest BCUT2D eigenvalue weighted by Crippen LogP contribution is 2.33. The molecule has 0 spiro atoms. The summed E-state index contributed by atoms with van der Waals surface area (Å²) in [7, 11) is 0. The number of hydrogen-bond donors (Lipinski definition) is 2. The highest BCUT2D eigenvalue weighted by Gasteiger charge is 2.44. The molecule has 1 aliphatic heterocycles. The normalized spacial score (nSPS) is 14.2. The molecule has 2 aromatic rings. The van der Waals surface area contributed by atoms with Gasteiger partial charge in [0.1, 0.15) is 0 Å². The van der Waals surface area contributed by atoms with E-state index in [9.17, 15) is 40.7 Å². The fourth-order valence-electron chi connectivity index (χ4n) is 2.99. The second-order valence-electron chi connectivity index (χ2n) is 7.24. The summed E-state index contributed by atoms with van der Waals surface area (Å²) in [5.41, 5.74) is -2.74. The van der Waals surface area contributed by atoms with Crippen molar-refractivity contribution < 1.29 is 45.6 Å². The Morgan fingerprint density at radius 3 is 2.28 bits per heavy atom. The van der Waals surface area contributed by atoms with Crippen LogP contribution in [0.15, 0.2) is 36.5 Å². The first-order valence-electron chi connectivity index (χ1n) is 10.0. The molecule has 0 bridgehead atoms. The molecule has 1 aromatic heterocycles. The molecule has 1 aliphatic rings. The Morgan fingerprint density at radius 1 is 1.06 bits per heavy atom. The van der Waals surface area contributed by atoms with Gasteiger partial charge in [0.15, 0.2) is 5.82 Å². The number of nitrogens with one attached hydrogen (secondary N) is 2.